The van der Waals surface area contributed by atoms with Crippen molar-refractivity contribution in [3.63, 3.8) is 0 Å². The summed E-state index contributed by atoms with van der Waals surface area (Å²) in [7, 11) is -3.01. The van der Waals surface area contributed by atoms with Crippen molar-refractivity contribution in [3.8, 4) is 0 Å². The van der Waals surface area contributed by atoms with Gasteiger partial charge in [0.15, 0.2) is 0 Å². The van der Waals surface area contributed by atoms with Gasteiger partial charge in [-0.15, -0.1) is 0 Å². The van der Waals surface area contributed by atoms with E-state index in [1.54, 1.807) is 0 Å². The summed E-state index contributed by atoms with van der Waals surface area (Å²) in [6.07, 6.45) is 2.15. The van der Waals surface area contributed by atoms with E-state index in [9.17, 15) is 0 Å². The number of nitrogens with one attached hydrogen (secondary N) is 1. The fourth-order valence-electron chi connectivity index (χ4n) is 3.65. The van der Waals surface area contributed by atoms with E-state index < -0.39 is 7.21 Å². The molecule has 0 amide bonds. The summed E-state index contributed by atoms with van der Waals surface area (Å²) in [6, 6.07) is 20.8. The minimum absolute atomic E-state index is 0.457. The number of rotatable bonds is 3. The van der Waals surface area contributed by atoms with Crippen LogP contribution >= 0.6 is 7.21 Å². The first kappa shape index (κ1) is 13.3. The number of hydrogen-bond acceptors (Lipinski definition) is 3. The molecular formula is C17H20NO2P. The number of benzene rings is 2. The Morgan fingerprint density at radius 1 is 0.810 bits per heavy atom. The predicted octanol–water partition coefficient (Wildman–Crippen LogP) is 3.93. The van der Waals surface area contributed by atoms with E-state index in [0.29, 0.717) is 5.66 Å². The van der Waals surface area contributed by atoms with Crippen molar-refractivity contribution in [2.75, 3.05) is 18.3 Å². The zero-order valence-electron chi connectivity index (χ0n) is 11.9. The normalized spacial score (nSPS) is 27.4. The average Bonchev–Trinajstić information content (AvgIpc) is 3.06. The number of hydrogen-bond donors (Lipinski definition) is 1. The molecule has 0 aliphatic carbocycles. The van der Waals surface area contributed by atoms with Crippen LogP contribution in [0.1, 0.15) is 12.8 Å². The van der Waals surface area contributed by atoms with Crippen LogP contribution in [0, 0.1) is 0 Å². The van der Waals surface area contributed by atoms with Gasteiger partial charge in [-0.25, -0.2) is 0 Å². The van der Waals surface area contributed by atoms with Crippen LogP contribution in [0.25, 0.3) is 0 Å². The summed E-state index contributed by atoms with van der Waals surface area (Å²) < 4.78 is 12.9. The van der Waals surface area contributed by atoms with Crippen molar-refractivity contribution in [2.45, 2.75) is 18.5 Å². The van der Waals surface area contributed by atoms with Gasteiger partial charge in [-0.3, -0.25) is 0 Å². The van der Waals surface area contributed by atoms with Crippen LogP contribution in [0.2, 0.25) is 0 Å². The maximum absolute atomic E-state index is 6.44. The van der Waals surface area contributed by atoms with Crippen molar-refractivity contribution < 1.29 is 9.05 Å². The fraction of sp³-hybridized carbons (Fsp3) is 0.294. The summed E-state index contributed by atoms with van der Waals surface area (Å²) in [5, 5.41) is 4.92. The van der Waals surface area contributed by atoms with Crippen molar-refractivity contribution in [2.24, 2.45) is 0 Å². The molecule has 0 saturated carbocycles. The van der Waals surface area contributed by atoms with Gasteiger partial charge >= 0.3 is 125 Å². The SMILES string of the molecule is c1ccc(NP23(c4ccccc4)OCCC2CCO3)cc1. The minimum atomic E-state index is -3.01. The molecule has 0 bridgehead atoms. The van der Waals surface area contributed by atoms with Crippen LogP contribution in [0.5, 0.6) is 0 Å². The van der Waals surface area contributed by atoms with Crippen LogP contribution in [0.4, 0.5) is 5.69 Å². The third-order valence-corrected chi connectivity index (χ3v) is 9.81. The zero-order chi connectivity index (χ0) is 14.2. The molecule has 2 heterocycles. The maximum atomic E-state index is 6.44. The van der Waals surface area contributed by atoms with E-state index in [0.717, 1.165) is 31.7 Å². The van der Waals surface area contributed by atoms with Crippen LogP contribution in [0.3, 0.4) is 0 Å². The Morgan fingerprint density at radius 2 is 1.38 bits per heavy atom. The van der Waals surface area contributed by atoms with Crippen LogP contribution < -0.4 is 10.4 Å². The van der Waals surface area contributed by atoms with Crippen LogP contribution in [-0.4, -0.2) is 18.9 Å². The van der Waals surface area contributed by atoms with Crippen molar-refractivity contribution >= 4 is 18.2 Å². The van der Waals surface area contributed by atoms with Gasteiger partial charge in [0.1, 0.15) is 0 Å². The number of anilines is 1. The fourth-order valence-corrected chi connectivity index (χ4v) is 8.77. The van der Waals surface area contributed by atoms with E-state index in [4.69, 9.17) is 9.05 Å². The Kier molecular flexibility index (Phi) is 3.04. The first-order valence-electron chi connectivity index (χ1n) is 7.54. The molecule has 0 aromatic heterocycles. The molecule has 2 aliphatic heterocycles. The second-order valence-electron chi connectivity index (χ2n) is 5.73. The molecule has 21 heavy (non-hydrogen) atoms. The summed E-state index contributed by atoms with van der Waals surface area (Å²) in [4.78, 5) is 0. The van der Waals surface area contributed by atoms with Gasteiger partial charge in [0.2, 0.25) is 0 Å². The molecule has 1 N–H and O–H groups in total. The number of fused-ring (bicyclic) bond motifs is 1. The monoisotopic (exact) mass is 301 g/mol. The Balaban J connectivity index is 1.87. The molecule has 0 unspecified atom stereocenters. The summed E-state index contributed by atoms with van der Waals surface area (Å²) >= 11 is 0. The first-order valence-corrected chi connectivity index (χ1v) is 9.68. The zero-order valence-corrected chi connectivity index (χ0v) is 12.8. The molecule has 110 valence electrons. The van der Waals surface area contributed by atoms with Gasteiger partial charge in [-0.1, -0.05) is 0 Å². The van der Waals surface area contributed by atoms with Gasteiger partial charge in [0.05, 0.1) is 0 Å². The van der Waals surface area contributed by atoms with Crippen molar-refractivity contribution in [3.05, 3.63) is 60.7 Å². The van der Waals surface area contributed by atoms with Gasteiger partial charge in [0, 0.05) is 0 Å². The van der Waals surface area contributed by atoms with Crippen LogP contribution in [-0.2, 0) is 9.05 Å². The van der Waals surface area contributed by atoms with E-state index >= 15 is 0 Å². The molecular weight excluding hydrogens is 281 g/mol. The third-order valence-electron chi connectivity index (χ3n) is 4.62. The van der Waals surface area contributed by atoms with Gasteiger partial charge in [-0.05, 0) is 0 Å². The van der Waals surface area contributed by atoms with Gasteiger partial charge in [-0.2, -0.15) is 0 Å². The Labute approximate surface area is 125 Å². The molecule has 4 rings (SSSR count). The quantitative estimate of drug-likeness (QED) is 0.871. The first-order chi connectivity index (χ1) is 10.3. The van der Waals surface area contributed by atoms with Gasteiger partial charge < -0.3 is 0 Å². The molecule has 2 aromatic carbocycles. The van der Waals surface area contributed by atoms with Gasteiger partial charge in [0.25, 0.3) is 0 Å². The standard InChI is InChI=1S/C17H20NO2P/c1-3-7-15(8-4-1)18-21(16-9-5-2-6-10-16)17(11-13-19-21)12-14-20-21/h1-10,17-18H,11-14H2. The molecule has 4 heteroatoms. The Hall–Kier alpha value is -1.41. The predicted molar refractivity (Wildman–Crippen MR) is 88.0 cm³/mol. The number of para-hydroxylation sites is 1. The molecule has 2 aliphatic rings. The Morgan fingerprint density at radius 3 is 2.00 bits per heavy atom. The molecule has 0 spiro atoms. The van der Waals surface area contributed by atoms with E-state index in [1.165, 1.54) is 5.30 Å². The molecule has 0 atom stereocenters. The Bertz CT molecular complexity index is 622. The summed E-state index contributed by atoms with van der Waals surface area (Å²) in [5.74, 6) is 0. The molecule has 2 fully saturated rings. The second kappa shape index (κ2) is 4.81. The molecule has 2 saturated heterocycles. The second-order valence-corrected chi connectivity index (χ2v) is 9.76. The average molecular weight is 301 g/mol. The molecule has 3 nitrogen and oxygen atoms in total. The molecule has 2 aromatic rings. The molecule has 0 radical (unpaired) electrons. The summed E-state index contributed by atoms with van der Waals surface area (Å²) in [5.41, 5.74) is 1.53. The summed E-state index contributed by atoms with van der Waals surface area (Å²) in [6.45, 7) is 1.55. The third kappa shape index (κ3) is 1.85. The van der Waals surface area contributed by atoms with Crippen molar-refractivity contribution in [1.29, 1.82) is 0 Å². The topological polar surface area (TPSA) is 30.5 Å². The van der Waals surface area contributed by atoms with E-state index in [2.05, 4.69) is 41.5 Å². The van der Waals surface area contributed by atoms with Crippen LogP contribution in [0.15, 0.2) is 60.7 Å². The van der Waals surface area contributed by atoms with E-state index in [-0.39, 0.29) is 0 Å². The van der Waals surface area contributed by atoms with E-state index in [1.807, 2.05) is 24.3 Å². The van der Waals surface area contributed by atoms with Crippen molar-refractivity contribution in [1.82, 2.24) is 0 Å².